The average molecular weight is 348 g/mol. The predicted molar refractivity (Wildman–Crippen MR) is 87.5 cm³/mol. The van der Waals surface area contributed by atoms with Crippen LogP contribution in [-0.4, -0.2) is 20.1 Å². The zero-order valence-corrected chi connectivity index (χ0v) is 13.9. The minimum Gasteiger partial charge on any atom is -0.419 e. The quantitative estimate of drug-likeness (QED) is 0.386. The van der Waals surface area contributed by atoms with Crippen molar-refractivity contribution >= 4 is 28.8 Å². The van der Waals surface area contributed by atoms with Gasteiger partial charge in [-0.15, -0.1) is 21.5 Å². The second kappa shape index (κ2) is 6.47. The number of aryl methyl sites for hydroxylation is 1. The van der Waals surface area contributed by atoms with Gasteiger partial charge in [-0.25, -0.2) is 4.98 Å². The fourth-order valence-corrected chi connectivity index (χ4v) is 3.84. The van der Waals surface area contributed by atoms with Crippen LogP contribution in [0.3, 0.4) is 0 Å². The van der Waals surface area contributed by atoms with Gasteiger partial charge in [0.05, 0.1) is 10.2 Å². The molecule has 7 nitrogen and oxygen atoms in total. The van der Waals surface area contributed by atoms with E-state index in [1.807, 2.05) is 19.2 Å². The van der Waals surface area contributed by atoms with Gasteiger partial charge in [-0.1, -0.05) is 11.8 Å². The minimum atomic E-state index is -0.447. The average Bonchev–Trinajstić information content (AvgIpc) is 3.16. The van der Waals surface area contributed by atoms with E-state index in [0.29, 0.717) is 17.3 Å². The number of non-ortho nitro benzene ring substituents is 1. The standard InChI is InChI=1S/C14H12N4O3S2/c1-8-7-22-14(15-8)23-9(2)12-16-17-13(21-12)10-3-5-11(6-4-10)18(19)20/h3-7,9H,1-2H3/t9-/m0/s1. The summed E-state index contributed by atoms with van der Waals surface area (Å²) in [5, 5.41) is 20.7. The second-order valence-corrected chi connectivity index (χ2v) is 7.21. The number of thiazole rings is 1. The number of nitrogens with zero attached hydrogens (tertiary/aromatic N) is 4. The van der Waals surface area contributed by atoms with Gasteiger partial charge < -0.3 is 4.42 Å². The molecule has 1 aromatic carbocycles. The monoisotopic (exact) mass is 348 g/mol. The number of thioether (sulfide) groups is 1. The molecule has 2 heterocycles. The Hall–Kier alpha value is -2.26. The summed E-state index contributed by atoms with van der Waals surface area (Å²) in [6.07, 6.45) is 0. The van der Waals surface area contributed by atoms with Crippen LogP contribution in [0.15, 0.2) is 38.4 Å². The zero-order chi connectivity index (χ0) is 16.4. The Morgan fingerprint density at radius 3 is 2.65 bits per heavy atom. The lowest BCUT2D eigenvalue weighted by Gasteiger charge is -2.02. The summed E-state index contributed by atoms with van der Waals surface area (Å²) >= 11 is 3.13. The summed E-state index contributed by atoms with van der Waals surface area (Å²) in [5.74, 6) is 0.842. The van der Waals surface area contributed by atoms with Crippen molar-refractivity contribution in [3.63, 3.8) is 0 Å². The molecule has 1 atom stereocenters. The number of hydrogen-bond acceptors (Lipinski definition) is 8. The molecule has 118 valence electrons. The Labute approximate surface area is 139 Å². The molecule has 0 saturated heterocycles. The summed E-state index contributed by atoms with van der Waals surface area (Å²) in [5.41, 5.74) is 1.66. The van der Waals surface area contributed by atoms with Gasteiger partial charge in [0.15, 0.2) is 4.34 Å². The molecule has 3 aromatic rings. The van der Waals surface area contributed by atoms with Gasteiger partial charge in [0.1, 0.15) is 0 Å². The Bertz CT molecular complexity index is 829. The number of benzene rings is 1. The fraction of sp³-hybridized carbons (Fsp3) is 0.214. The van der Waals surface area contributed by atoms with Crippen LogP contribution in [0, 0.1) is 17.0 Å². The zero-order valence-electron chi connectivity index (χ0n) is 12.3. The molecule has 0 unspecified atom stereocenters. The number of nitro groups is 1. The highest BCUT2D eigenvalue weighted by molar-refractivity contribution is 8.01. The first-order valence-corrected chi connectivity index (χ1v) is 8.46. The van der Waals surface area contributed by atoms with Gasteiger partial charge in [-0.05, 0) is 26.0 Å². The third kappa shape index (κ3) is 3.57. The van der Waals surface area contributed by atoms with E-state index < -0.39 is 4.92 Å². The normalized spacial score (nSPS) is 12.3. The summed E-state index contributed by atoms with van der Waals surface area (Å²) in [6, 6.07) is 6.01. The molecular weight excluding hydrogens is 336 g/mol. The van der Waals surface area contributed by atoms with Crippen molar-refractivity contribution in [1.29, 1.82) is 0 Å². The molecule has 0 aliphatic rings. The maximum Gasteiger partial charge on any atom is 0.269 e. The Balaban J connectivity index is 1.75. The van der Waals surface area contributed by atoms with Crippen LogP contribution in [0.2, 0.25) is 0 Å². The van der Waals surface area contributed by atoms with Crippen molar-refractivity contribution in [3.8, 4) is 11.5 Å². The van der Waals surface area contributed by atoms with Crippen molar-refractivity contribution < 1.29 is 9.34 Å². The smallest absolute Gasteiger partial charge is 0.269 e. The van der Waals surface area contributed by atoms with Crippen molar-refractivity contribution in [3.05, 3.63) is 51.3 Å². The van der Waals surface area contributed by atoms with Crippen LogP contribution >= 0.6 is 23.1 Å². The maximum atomic E-state index is 10.7. The Morgan fingerprint density at radius 1 is 1.30 bits per heavy atom. The molecule has 0 spiro atoms. The molecule has 0 bridgehead atoms. The van der Waals surface area contributed by atoms with Crippen LogP contribution in [0.4, 0.5) is 5.69 Å². The van der Waals surface area contributed by atoms with Crippen molar-refractivity contribution in [1.82, 2.24) is 15.2 Å². The van der Waals surface area contributed by atoms with Gasteiger partial charge in [-0.2, -0.15) is 0 Å². The molecule has 23 heavy (non-hydrogen) atoms. The van der Waals surface area contributed by atoms with Gasteiger partial charge in [0.2, 0.25) is 11.8 Å². The third-order valence-corrected chi connectivity index (χ3v) is 5.17. The van der Waals surface area contributed by atoms with E-state index in [9.17, 15) is 10.1 Å². The number of nitro benzene ring substituents is 1. The van der Waals surface area contributed by atoms with Crippen molar-refractivity contribution in [2.24, 2.45) is 0 Å². The number of aromatic nitrogens is 3. The molecule has 0 saturated carbocycles. The Morgan fingerprint density at radius 2 is 2.04 bits per heavy atom. The number of hydrogen-bond donors (Lipinski definition) is 0. The van der Waals surface area contributed by atoms with E-state index in [4.69, 9.17) is 4.42 Å². The lowest BCUT2D eigenvalue weighted by Crippen LogP contribution is -1.88. The Kier molecular flexibility index (Phi) is 4.39. The third-order valence-electron chi connectivity index (χ3n) is 2.99. The van der Waals surface area contributed by atoms with Crippen LogP contribution in [0.25, 0.3) is 11.5 Å². The van der Waals surface area contributed by atoms with E-state index in [-0.39, 0.29) is 10.9 Å². The summed E-state index contributed by atoms with van der Waals surface area (Å²) in [4.78, 5) is 14.6. The topological polar surface area (TPSA) is 95.0 Å². The van der Waals surface area contributed by atoms with E-state index in [1.54, 1.807) is 35.2 Å². The summed E-state index contributed by atoms with van der Waals surface area (Å²) in [7, 11) is 0. The van der Waals surface area contributed by atoms with Crippen LogP contribution in [-0.2, 0) is 0 Å². The van der Waals surface area contributed by atoms with Crippen molar-refractivity contribution in [2.75, 3.05) is 0 Å². The van der Waals surface area contributed by atoms with Crippen molar-refractivity contribution in [2.45, 2.75) is 23.4 Å². The van der Waals surface area contributed by atoms with Gasteiger partial charge in [-0.3, -0.25) is 10.1 Å². The largest absolute Gasteiger partial charge is 0.419 e. The molecule has 0 fully saturated rings. The molecule has 0 radical (unpaired) electrons. The summed E-state index contributed by atoms with van der Waals surface area (Å²) < 4.78 is 6.62. The molecule has 2 aromatic heterocycles. The fourth-order valence-electron chi connectivity index (χ4n) is 1.83. The molecule has 3 rings (SSSR count). The molecule has 9 heteroatoms. The first-order valence-electron chi connectivity index (χ1n) is 6.70. The SMILES string of the molecule is Cc1csc(S[C@@H](C)c2nnc(-c3ccc([N+](=O)[O-])cc3)o2)n1. The van der Waals surface area contributed by atoms with Crippen LogP contribution < -0.4 is 0 Å². The number of rotatable bonds is 5. The van der Waals surface area contributed by atoms with Gasteiger partial charge >= 0.3 is 0 Å². The van der Waals surface area contributed by atoms with Gasteiger partial charge in [0.25, 0.3) is 5.69 Å². The highest BCUT2D eigenvalue weighted by atomic mass is 32.2. The van der Waals surface area contributed by atoms with E-state index in [0.717, 1.165) is 10.0 Å². The lowest BCUT2D eigenvalue weighted by atomic mass is 10.2. The lowest BCUT2D eigenvalue weighted by molar-refractivity contribution is -0.384. The molecule has 0 aliphatic heterocycles. The maximum absolute atomic E-state index is 10.7. The van der Waals surface area contributed by atoms with E-state index >= 15 is 0 Å². The molecule has 0 N–H and O–H groups in total. The predicted octanol–water partition coefficient (Wildman–Crippen LogP) is 4.26. The van der Waals surface area contributed by atoms with E-state index in [2.05, 4.69) is 15.2 Å². The molecule has 0 amide bonds. The molecule has 0 aliphatic carbocycles. The highest BCUT2D eigenvalue weighted by Gasteiger charge is 2.18. The van der Waals surface area contributed by atoms with Crippen LogP contribution in [0.1, 0.15) is 23.8 Å². The van der Waals surface area contributed by atoms with E-state index in [1.165, 1.54) is 12.1 Å². The first kappa shape index (κ1) is 15.6. The highest BCUT2D eigenvalue weighted by Crippen LogP contribution is 2.36. The summed E-state index contributed by atoms with van der Waals surface area (Å²) in [6.45, 7) is 3.92. The van der Waals surface area contributed by atoms with Crippen LogP contribution in [0.5, 0.6) is 0 Å². The minimum absolute atomic E-state index is 0.0246. The first-order chi connectivity index (χ1) is 11.0. The molecular formula is C14H12N4O3S2. The second-order valence-electron chi connectivity index (χ2n) is 4.76. The van der Waals surface area contributed by atoms with Gasteiger partial charge in [0, 0.05) is 28.8 Å².